The molecule has 1 N–H and O–H groups in total. The van der Waals surface area contributed by atoms with Crippen LogP contribution < -0.4 is 5.32 Å². The molecule has 30 heavy (non-hydrogen) atoms. The van der Waals surface area contributed by atoms with Gasteiger partial charge in [-0.1, -0.05) is 60.7 Å². The normalized spacial score (nSPS) is 11.1. The zero-order valence-corrected chi connectivity index (χ0v) is 16.1. The summed E-state index contributed by atoms with van der Waals surface area (Å²) in [6, 6.07) is 23.4. The van der Waals surface area contributed by atoms with E-state index >= 15 is 0 Å². The molecule has 0 aliphatic heterocycles. The largest absolute Gasteiger partial charge is 0.434 e. The van der Waals surface area contributed by atoms with Crippen molar-refractivity contribution in [3.05, 3.63) is 102 Å². The average molecular weight is 394 g/mol. The van der Waals surface area contributed by atoms with Crippen molar-refractivity contribution in [3.63, 3.8) is 0 Å². The van der Waals surface area contributed by atoms with Gasteiger partial charge in [-0.3, -0.25) is 4.79 Å². The summed E-state index contributed by atoms with van der Waals surface area (Å²) in [6.07, 6.45) is 2.20. The Morgan fingerprint density at radius 2 is 1.60 bits per heavy atom. The van der Waals surface area contributed by atoms with Gasteiger partial charge < -0.3 is 9.73 Å². The molecule has 6 heteroatoms. The number of nitrogens with zero attached hydrogens (tertiary/aromatic N) is 3. The van der Waals surface area contributed by atoms with Gasteiger partial charge in [-0.25, -0.2) is 15.0 Å². The molecule has 0 spiro atoms. The number of hydrogen-bond acceptors (Lipinski definition) is 5. The highest BCUT2D eigenvalue weighted by Crippen LogP contribution is 2.28. The summed E-state index contributed by atoms with van der Waals surface area (Å²) < 4.78 is 5.95. The number of hydrogen-bond donors (Lipinski definition) is 1. The summed E-state index contributed by atoms with van der Waals surface area (Å²) in [4.78, 5) is 26.2. The average Bonchev–Trinajstić information content (AvgIpc) is 3.18. The molecule has 0 saturated carbocycles. The summed E-state index contributed by atoms with van der Waals surface area (Å²) in [5.74, 6) is -0.204. The summed E-state index contributed by atoms with van der Waals surface area (Å²) in [5, 5.41) is 3.67. The van der Waals surface area contributed by atoms with Crippen molar-refractivity contribution in [2.75, 3.05) is 0 Å². The summed E-state index contributed by atoms with van der Waals surface area (Å²) in [5.41, 5.74) is 4.39. The zero-order chi connectivity index (χ0) is 20.3. The highest BCUT2D eigenvalue weighted by molar-refractivity contribution is 6.03. The summed E-state index contributed by atoms with van der Waals surface area (Å²) >= 11 is 0. The van der Waals surface area contributed by atoms with Gasteiger partial charge in [0, 0.05) is 19.2 Å². The predicted octanol–water partition coefficient (Wildman–Crippen LogP) is 4.29. The number of rotatable bonds is 5. The highest BCUT2D eigenvalue weighted by atomic mass is 16.3. The Morgan fingerprint density at radius 3 is 2.37 bits per heavy atom. The minimum atomic E-state index is -0.326. The second kappa shape index (κ2) is 7.75. The molecule has 0 bridgehead atoms. The number of furan rings is 1. The number of benzene rings is 2. The van der Waals surface area contributed by atoms with E-state index in [4.69, 9.17) is 4.42 Å². The van der Waals surface area contributed by atoms with Crippen LogP contribution in [0.5, 0.6) is 0 Å². The maximum atomic E-state index is 12.8. The lowest BCUT2D eigenvalue weighted by Crippen LogP contribution is -2.25. The number of amides is 1. The second-order valence-electron chi connectivity index (χ2n) is 6.96. The quantitative estimate of drug-likeness (QED) is 0.481. The van der Waals surface area contributed by atoms with Crippen molar-refractivity contribution in [1.29, 1.82) is 0 Å². The smallest absolute Gasteiger partial charge is 0.289 e. The lowest BCUT2D eigenvalue weighted by Gasteiger charge is -2.07. The van der Waals surface area contributed by atoms with Gasteiger partial charge in [0.15, 0.2) is 5.58 Å². The summed E-state index contributed by atoms with van der Waals surface area (Å²) in [7, 11) is 0. The summed E-state index contributed by atoms with van der Waals surface area (Å²) in [6.45, 7) is 0.406. The second-order valence-corrected chi connectivity index (χ2v) is 6.96. The van der Waals surface area contributed by atoms with E-state index in [1.165, 1.54) is 0 Å². The van der Waals surface area contributed by atoms with Gasteiger partial charge in [-0.15, -0.1) is 0 Å². The molecule has 0 aliphatic carbocycles. The van der Waals surface area contributed by atoms with E-state index in [1.807, 2.05) is 72.8 Å². The van der Waals surface area contributed by atoms with Crippen LogP contribution in [-0.2, 0) is 13.0 Å². The molecular weight excluding hydrogens is 376 g/mol. The first-order valence-corrected chi connectivity index (χ1v) is 9.68. The van der Waals surface area contributed by atoms with E-state index in [9.17, 15) is 4.79 Å². The van der Waals surface area contributed by atoms with Gasteiger partial charge >= 0.3 is 0 Å². The third kappa shape index (κ3) is 3.51. The van der Waals surface area contributed by atoms with Crippen LogP contribution in [0.25, 0.3) is 22.2 Å². The Labute approximate surface area is 172 Å². The molecule has 0 radical (unpaired) electrons. The van der Waals surface area contributed by atoms with Gasteiger partial charge in [0.25, 0.3) is 5.91 Å². The molecule has 5 aromatic rings. The third-order valence-electron chi connectivity index (χ3n) is 4.87. The third-order valence-corrected chi connectivity index (χ3v) is 4.87. The molecule has 3 heterocycles. The Bertz CT molecular complexity index is 1330. The fourth-order valence-electron chi connectivity index (χ4n) is 3.40. The van der Waals surface area contributed by atoms with Crippen LogP contribution >= 0.6 is 0 Å². The molecule has 0 fully saturated rings. The number of carbonyl (C=O) groups excluding carboxylic acids is 1. The molecular formula is C24H18N4O2. The monoisotopic (exact) mass is 394 g/mol. The van der Waals surface area contributed by atoms with E-state index in [2.05, 4.69) is 20.3 Å². The lowest BCUT2D eigenvalue weighted by atomic mass is 10.1. The molecule has 0 unspecified atom stereocenters. The lowest BCUT2D eigenvalue weighted by molar-refractivity contribution is 0.0940. The maximum absolute atomic E-state index is 12.8. The number of fused-ring (bicyclic) bond motifs is 3. The van der Waals surface area contributed by atoms with Crippen LogP contribution in [0.3, 0.4) is 0 Å². The SMILES string of the molecule is O=C(NCc1ccccc1)c1nc(Cc2ccccc2)c2oc3ncccc3c2n1. The van der Waals surface area contributed by atoms with E-state index in [1.54, 1.807) is 6.20 Å². The van der Waals surface area contributed by atoms with Gasteiger partial charge in [-0.2, -0.15) is 0 Å². The van der Waals surface area contributed by atoms with Crippen molar-refractivity contribution in [2.24, 2.45) is 0 Å². The van der Waals surface area contributed by atoms with Crippen LogP contribution in [-0.4, -0.2) is 20.9 Å². The van der Waals surface area contributed by atoms with Crippen LogP contribution in [0.2, 0.25) is 0 Å². The Kier molecular flexibility index (Phi) is 4.65. The molecule has 3 aromatic heterocycles. The minimum absolute atomic E-state index is 0.121. The number of carbonyl (C=O) groups is 1. The first-order valence-electron chi connectivity index (χ1n) is 9.68. The molecule has 0 aliphatic rings. The van der Waals surface area contributed by atoms with E-state index in [-0.39, 0.29) is 11.7 Å². The van der Waals surface area contributed by atoms with Crippen LogP contribution in [0, 0.1) is 0 Å². The van der Waals surface area contributed by atoms with E-state index < -0.39 is 0 Å². The van der Waals surface area contributed by atoms with Crippen molar-refractivity contribution >= 4 is 28.1 Å². The topological polar surface area (TPSA) is 80.9 Å². The van der Waals surface area contributed by atoms with Crippen LogP contribution in [0.15, 0.2) is 83.4 Å². The Morgan fingerprint density at radius 1 is 0.867 bits per heavy atom. The highest BCUT2D eigenvalue weighted by Gasteiger charge is 2.19. The number of pyridine rings is 1. The first-order chi connectivity index (χ1) is 14.8. The first kappa shape index (κ1) is 18.0. The van der Waals surface area contributed by atoms with Crippen molar-refractivity contribution in [3.8, 4) is 0 Å². The van der Waals surface area contributed by atoms with Crippen molar-refractivity contribution < 1.29 is 9.21 Å². The molecule has 146 valence electrons. The van der Waals surface area contributed by atoms with Crippen molar-refractivity contribution in [2.45, 2.75) is 13.0 Å². The minimum Gasteiger partial charge on any atom is -0.434 e. The van der Waals surface area contributed by atoms with Gasteiger partial charge in [0.2, 0.25) is 11.5 Å². The molecule has 0 atom stereocenters. The van der Waals surface area contributed by atoms with Crippen molar-refractivity contribution in [1.82, 2.24) is 20.3 Å². The Hall–Kier alpha value is -4.06. The molecule has 1 amide bonds. The molecule has 2 aromatic carbocycles. The van der Waals surface area contributed by atoms with E-state index in [0.29, 0.717) is 35.5 Å². The fourth-order valence-corrected chi connectivity index (χ4v) is 3.40. The van der Waals surface area contributed by atoms with Gasteiger partial charge in [-0.05, 0) is 23.3 Å². The fraction of sp³-hybridized carbons (Fsp3) is 0.0833. The van der Waals surface area contributed by atoms with E-state index in [0.717, 1.165) is 16.5 Å². The number of nitrogens with one attached hydrogen (secondary N) is 1. The van der Waals surface area contributed by atoms with Gasteiger partial charge in [0.05, 0.1) is 11.1 Å². The van der Waals surface area contributed by atoms with Gasteiger partial charge in [0.1, 0.15) is 5.52 Å². The molecule has 0 saturated heterocycles. The Balaban J connectivity index is 1.56. The standard InChI is InChI=1S/C24H18N4O2/c29-23(26-15-17-10-5-2-6-11-17)22-27-19(14-16-8-3-1-4-9-16)21-20(28-22)18-12-7-13-25-24(18)30-21/h1-13H,14-15H2,(H,26,29). The van der Waals surface area contributed by atoms with Crippen LogP contribution in [0.4, 0.5) is 0 Å². The predicted molar refractivity (Wildman–Crippen MR) is 114 cm³/mol. The molecule has 5 rings (SSSR count). The maximum Gasteiger partial charge on any atom is 0.289 e. The van der Waals surface area contributed by atoms with Crippen LogP contribution in [0.1, 0.15) is 27.4 Å². The molecule has 6 nitrogen and oxygen atoms in total. The number of aromatic nitrogens is 3. The zero-order valence-electron chi connectivity index (χ0n) is 16.1.